The summed E-state index contributed by atoms with van der Waals surface area (Å²) in [7, 11) is -3.78. The Kier molecular flexibility index (Phi) is 7.85. The number of hydrogen-bond acceptors (Lipinski definition) is 7. The number of aromatic nitrogens is 2. The number of nitrogens with zero attached hydrogens (tertiary/aromatic N) is 4. The third-order valence-electron chi connectivity index (χ3n) is 6.74. The molecule has 40 heavy (non-hydrogen) atoms. The molecule has 1 aliphatic heterocycles. The summed E-state index contributed by atoms with van der Waals surface area (Å²) in [5.74, 6) is 0.670. The molecular formula is C29H30N4O6S. The SMILES string of the molecule is CCOc1ccc(S(=O)(=O)N2CCN(C(=O)c3ccc(-n4cnc5ccccc5c4=O)cc3)CC2)cc1OCC. The summed E-state index contributed by atoms with van der Waals surface area (Å²) < 4.78 is 40.6. The van der Waals surface area contributed by atoms with Crippen molar-refractivity contribution in [2.24, 2.45) is 0 Å². The molecule has 0 bridgehead atoms. The molecule has 1 aromatic heterocycles. The molecule has 1 aliphatic rings. The molecule has 4 aromatic rings. The Morgan fingerprint density at radius 3 is 2.25 bits per heavy atom. The van der Waals surface area contributed by atoms with Crippen LogP contribution in [0.25, 0.3) is 16.6 Å². The van der Waals surface area contributed by atoms with Crippen molar-refractivity contribution in [1.82, 2.24) is 18.8 Å². The van der Waals surface area contributed by atoms with Crippen molar-refractivity contribution < 1.29 is 22.7 Å². The number of benzene rings is 3. The van der Waals surface area contributed by atoms with Gasteiger partial charge in [-0.15, -0.1) is 0 Å². The number of carbonyl (C=O) groups is 1. The van der Waals surface area contributed by atoms with Crippen molar-refractivity contribution in [3.05, 3.63) is 89.0 Å². The van der Waals surface area contributed by atoms with Gasteiger partial charge in [-0.05, 0) is 62.4 Å². The lowest BCUT2D eigenvalue weighted by Crippen LogP contribution is -2.50. The molecule has 11 heteroatoms. The fourth-order valence-electron chi connectivity index (χ4n) is 4.67. The van der Waals surface area contributed by atoms with Gasteiger partial charge in [-0.3, -0.25) is 14.2 Å². The third-order valence-corrected chi connectivity index (χ3v) is 8.63. The maximum Gasteiger partial charge on any atom is 0.265 e. The summed E-state index contributed by atoms with van der Waals surface area (Å²) >= 11 is 0. The van der Waals surface area contributed by atoms with Crippen molar-refractivity contribution in [3.8, 4) is 17.2 Å². The Hall–Kier alpha value is -4.22. The van der Waals surface area contributed by atoms with Crippen molar-refractivity contribution >= 4 is 26.8 Å². The zero-order valence-electron chi connectivity index (χ0n) is 22.3. The molecule has 10 nitrogen and oxygen atoms in total. The Morgan fingerprint density at radius 2 is 1.55 bits per heavy atom. The van der Waals surface area contributed by atoms with Gasteiger partial charge in [0.1, 0.15) is 6.33 Å². The predicted octanol–water partition coefficient (Wildman–Crippen LogP) is 3.33. The molecule has 0 saturated carbocycles. The van der Waals surface area contributed by atoms with Crippen LogP contribution < -0.4 is 15.0 Å². The van der Waals surface area contributed by atoms with E-state index in [1.165, 1.54) is 27.3 Å². The van der Waals surface area contributed by atoms with Gasteiger partial charge < -0.3 is 14.4 Å². The normalized spacial score (nSPS) is 14.3. The van der Waals surface area contributed by atoms with Crippen molar-refractivity contribution in [3.63, 3.8) is 0 Å². The average molecular weight is 563 g/mol. The number of rotatable bonds is 8. The number of carbonyl (C=O) groups excluding carboxylic acids is 1. The second kappa shape index (κ2) is 11.5. The van der Waals surface area contributed by atoms with Crippen LogP contribution in [0.2, 0.25) is 0 Å². The first-order valence-electron chi connectivity index (χ1n) is 13.1. The molecule has 1 amide bonds. The van der Waals surface area contributed by atoms with E-state index in [4.69, 9.17) is 9.47 Å². The molecular weight excluding hydrogens is 532 g/mol. The average Bonchev–Trinajstić information content (AvgIpc) is 2.98. The van der Waals surface area contributed by atoms with E-state index in [1.54, 1.807) is 53.4 Å². The lowest BCUT2D eigenvalue weighted by atomic mass is 10.1. The van der Waals surface area contributed by atoms with Crippen LogP contribution in [0.4, 0.5) is 0 Å². The van der Waals surface area contributed by atoms with E-state index >= 15 is 0 Å². The molecule has 208 valence electrons. The summed E-state index contributed by atoms with van der Waals surface area (Å²) in [5, 5.41) is 0.511. The molecule has 0 atom stereocenters. The monoisotopic (exact) mass is 562 g/mol. The molecule has 0 radical (unpaired) electrons. The van der Waals surface area contributed by atoms with E-state index in [1.807, 2.05) is 19.9 Å². The lowest BCUT2D eigenvalue weighted by Gasteiger charge is -2.34. The van der Waals surface area contributed by atoms with E-state index in [0.29, 0.717) is 46.9 Å². The highest BCUT2D eigenvalue weighted by molar-refractivity contribution is 7.89. The highest BCUT2D eigenvalue weighted by Gasteiger charge is 2.31. The van der Waals surface area contributed by atoms with Crippen LogP contribution in [-0.4, -0.2) is 72.5 Å². The number of hydrogen-bond donors (Lipinski definition) is 0. The van der Waals surface area contributed by atoms with Gasteiger partial charge in [0, 0.05) is 37.8 Å². The fourth-order valence-corrected chi connectivity index (χ4v) is 6.11. The highest BCUT2D eigenvalue weighted by atomic mass is 32.2. The largest absolute Gasteiger partial charge is 0.490 e. The number of amides is 1. The standard InChI is InChI=1S/C29H30N4O6S/c1-3-38-26-14-13-23(19-27(26)39-4-2)40(36,37)32-17-15-31(16-18-32)28(34)21-9-11-22(12-10-21)33-20-30-25-8-6-5-7-24(25)29(33)35/h5-14,19-20H,3-4,15-18H2,1-2H3. The molecule has 2 heterocycles. The van der Waals surface area contributed by atoms with Crippen molar-refractivity contribution in [1.29, 1.82) is 0 Å². The minimum absolute atomic E-state index is 0.119. The molecule has 0 N–H and O–H groups in total. The third kappa shape index (κ3) is 5.30. The van der Waals surface area contributed by atoms with Crippen LogP contribution in [0.3, 0.4) is 0 Å². The van der Waals surface area contributed by atoms with Crippen molar-refractivity contribution in [2.75, 3.05) is 39.4 Å². The molecule has 5 rings (SSSR count). The molecule has 1 fully saturated rings. The molecule has 0 spiro atoms. The number of piperazine rings is 1. The van der Waals surface area contributed by atoms with Gasteiger partial charge in [-0.2, -0.15) is 4.31 Å². The topological polar surface area (TPSA) is 111 Å². The number of ether oxygens (including phenoxy) is 2. The molecule has 0 unspecified atom stereocenters. The summed E-state index contributed by atoms with van der Waals surface area (Å²) in [5.41, 5.74) is 1.48. The van der Waals surface area contributed by atoms with E-state index < -0.39 is 10.0 Å². The van der Waals surface area contributed by atoms with Gasteiger partial charge in [0.2, 0.25) is 10.0 Å². The van der Waals surface area contributed by atoms with Gasteiger partial charge in [-0.25, -0.2) is 13.4 Å². The molecule has 0 aliphatic carbocycles. The summed E-state index contributed by atoms with van der Waals surface area (Å²) in [6.07, 6.45) is 1.48. The van der Waals surface area contributed by atoms with E-state index in [2.05, 4.69) is 4.98 Å². The predicted molar refractivity (Wildman–Crippen MR) is 151 cm³/mol. The quantitative estimate of drug-likeness (QED) is 0.324. The summed E-state index contributed by atoms with van der Waals surface area (Å²) in [6, 6.07) is 18.5. The first-order valence-corrected chi connectivity index (χ1v) is 14.5. The lowest BCUT2D eigenvalue weighted by molar-refractivity contribution is 0.0698. The Bertz CT molecular complexity index is 1690. The zero-order chi connectivity index (χ0) is 28.3. The van der Waals surface area contributed by atoms with Crippen LogP contribution >= 0.6 is 0 Å². The minimum atomic E-state index is -3.78. The second-order valence-electron chi connectivity index (χ2n) is 9.15. The maximum atomic E-state index is 13.3. The van der Waals surface area contributed by atoms with Gasteiger partial charge in [0.15, 0.2) is 11.5 Å². The van der Waals surface area contributed by atoms with Gasteiger partial charge in [0.25, 0.3) is 11.5 Å². The zero-order valence-corrected chi connectivity index (χ0v) is 23.1. The highest BCUT2D eigenvalue weighted by Crippen LogP contribution is 2.31. The van der Waals surface area contributed by atoms with Gasteiger partial charge in [-0.1, -0.05) is 12.1 Å². The van der Waals surface area contributed by atoms with Gasteiger partial charge >= 0.3 is 0 Å². The Balaban J connectivity index is 1.27. The number of sulfonamides is 1. The van der Waals surface area contributed by atoms with E-state index in [-0.39, 0.29) is 42.5 Å². The first kappa shape index (κ1) is 27.4. The van der Waals surface area contributed by atoms with Crippen LogP contribution in [0, 0.1) is 0 Å². The second-order valence-corrected chi connectivity index (χ2v) is 11.1. The Labute approximate surface area is 232 Å². The van der Waals surface area contributed by atoms with E-state index in [9.17, 15) is 18.0 Å². The van der Waals surface area contributed by atoms with Crippen LogP contribution in [0.15, 0.2) is 82.7 Å². The number of fused-ring (bicyclic) bond motifs is 1. The molecule has 3 aromatic carbocycles. The summed E-state index contributed by atoms with van der Waals surface area (Å²) in [4.78, 5) is 32.2. The first-order chi connectivity index (χ1) is 19.3. The van der Waals surface area contributed by atoms with Crippen LogP contribution in [0.1, 0.15) is 24.2 Å². The van der Waals surface area contributed by atoms with Crippen LogP contribution in [0.5, 0.6) is 11.5 Å². The van der Waals surface area contributed by atoms with Crippen molar-refractivity contribution in [2.45, 2.75) is 18.7 Å². The molecule has 1 saturated heterocycles. The Morgan fingerprint density at radius 1 is 0.875 bits per heavy atom. The van der Waals surface area contributed by atoms with Crippen LogP contribution in [-0.2, 0) is 10.0 Å². The maximum absolute atomic E-state index is 13.3. The number of para-hydroxylation sites is 1. The summed E-state index contributed by atoms with van der Waals surface area (Å²) in [6.45, 7) is 5.32. The smallest absolute Gasteiger partial charge is 0.265 e. The van der Waals surface area contributed by atoms with E-state index in [0.717, 1.165) is 0 Å². The van der Waals surface area contributed by atoms with Gasteiger partial charge in [0.05, 0.1) is 34.7 Å². The fraction of sp³-hybridized carbons (Fsp3) is 0.276. The minimum Gasteiger partial charge on any atom is -0.490 e.